The van der Waals surface area contributed by atoms with E-state index in [2.05, 4.69) is 34.0 Å². The molecule has 0 unspecified atom stereocenters. The Hall–Kier alpha value is -1.73. The number of anilines is 1. The number of aromatic nitrogens is 2. The summed E-state index contributed by atoms with van der Waals surface area (Å²) in [7, 11) is 0. The summed E-state index contributed by atoms with van der Waals surface area (Å²) >= 11 is 0. The molecular formula is C17H26N4O3. The Kier molecular flexibility index (Phi) is 5.30. The lowest BCUT2D eigenvalue weighted by atomic mass is 10.0. The van der Waals surface area contributed by atoms with Crippen LogP contribution in [0, 0.1) is 5.92 Å². The fourth-order valence-electron chi connectivity index (χ4n) is 3.01. The summed E-state index contributed by atoms with van der Waals surface area (Å²) in [5, 5.41) is 2.90. The fraction of sp³-hybridized carbons (Fsp3) is 0.706. The number of ether oxygens (including phenoxy) is 2. The maximum Gasteiger partial charge on any atom is 0.254 e. The van der Waals surface area contributed by atoms with Crippen molar-refractivity contribution in [1.82, 2.24) is 15.3 Å². The van der Waals surface area contributed by atoms with Crippen molar-refractivity contribution in [1.29, 1.82) is 0 Å². The number of nitrogens with one attached hydrogen (secondary N) is 1. The van der Waals surface area contributed by atoms with Gasteiger partial charge < -0.3 is 19.7 Å². The van der Waals surface area contributed by atoms with Gasteiger partial charge in [0.25, 0.3) is 5.91 Å². The zero-order valence-corrected chi connectivity index (χ0v) is 14.5. The van der Waals surface area contributed by atoms with Gasteiger partial charge in [0, 0.05) is 44.9 Å². The topological polar surface area (TPSA) is 76.6 Å². The van der Waals surface area contributed by atoms with E-state index >= 15 is 0 Å². The van der Waals surface area contributed by atoms with Gasteiger partial charge in [0.1, 0.15) is 0 Å². The first-order chi connectivity index (χ1) is 11.6. The average Bonchev–Trinajstić information content (AvgIpc) is 3.03. The van der Waals surface area contributed by atoms with Crippen LogP contribution in [0.3, 0.4) is 0 Å². The number of carbonyl (C=O) groups excluding carboxylic acids is 1. The summed E-state index contributed by atoms with van der Waals surface area (Å²) in [5.74, 6) is 0.709. The Morgan fingerprint density at radius 2 is 1.88 bits per heavy atom. The van der Waals surface area contributed by atoms with Gasteiger partial charge in [0.2, 0.25) is 5.95 Å². The van der Waals surface area contributed by atoms with E-state index < -0.39 is 5.79 Å². The number of carbonyl (C=O) groups is 1. The number of amides is 1. The fourth-order valence-corrected chi connectivity index (χ4v) is 3.01. The monoisotopic (exact) mass is 334 g/mol. The maximum atomic E-state index is 12.0. The van der Waals surface area contributed by atoms with E-state index in [1.54, 1.807) is 12.4 Å². The van der Waals surface area contributed by atoms with Crippen molar-refractivity contribution in [3.63, 3.8) is 0 Å². The zero-order valence-electron chi connectivity index (χ0n) is 14.5. The van der Waals surface area contributed by atoms with Gasteiger partial charge in [-0.1, -0.05) is 13.8 Å². The first-order valence-electron chi connectivity index (χ1n) is 8.71. The second-order valence-corrected chi connectivity index (χ2v) is 6.80. The van der Waals surface area contributed by atoms with Crippen LogP contribution in [0.4, 0.5) is 5.95 Å². The minimum absolute atomic E-state index is 0.118. The van der Waals surface area contributed by atoms with E-state index in [1.807, 2.05) is 0 Å². The molecule has 0 aliphatic carbocycles. The van der Waals surface area contributed by atoms with Gasteiger partial charge in [-0.25, -0.2) is 9.97 Å². The Bertz CT molecular complexity index is 545. The van der Waals surface area contributed by atoms with Crippen LogP contribution in [0.5, 0.6) is 0 Å². The highest BCUT2D eigenvalue weighted by Crippen LogP contribution is 2.32. The summed E-state index contributed by atoms with van der Waals surface area (Å²) in [5.41, 5.74) is 0.499. The molecule has 2 fully saturated rings. The normalized spacial score (nSPS) is 19.9. The van der Waals surface area contributed by atoms with Gasteiger partial charge in [0.15, 0.2) is 5.79 Å². The van der Waals surface area contributed by atoms with Crippen LogP contribution in [0.25, 0.3) is 0 Å². The number of nitrogens with zero attached hydrogens (tertiary/aromatic N) is 3. The van der Waals surface area contributed by atoms with Crippen LogP contribution in [0.1, 0.15) is 43.5 Å². The second-order valence-electron chi connectivity index (χ2n) is 6.80. The van der Waals surface area contributed by atoms with Gasteiger partial charge in [-0.3, -0.25) is 4.79 Å². The molecule has 1 N–H and O–H groups in total. The molecule has 1 aromatic heterocycles. The highest BCUT2D eigenvalue weighted by Gasteiger charge is 2.40. The number of piperidine rings is 1. The first kappa shape index (κ1) is 17.1. The number of hydrogen-bond acceptors (Lipinski definition) is 6. The van der Waals surface area contributed by atoms with E-state index in [-0.39, 0.29) is 5.91 Å². The molecule has 2 aliphatic heterocycles. The SMILES string of the molecule is CC(C)CCNC(=O)c1cnc(N2CCC3(CC2)OCCO3)nc1. The van der Waals surface area contributed by atoms with Crippen molar-refractivity contribution in [3.8, 4) is 0 Å². The molecule has 0 radical (unpaired) electrons. The lowest BCUT2D eigenvalue weighted by molar-refractivity contribution is -0.169. The lowest BCUT2D eigenvalue weighted by Crippen LogP contribution is -2.45. The Balaban J connectivity index is 1.52. The number of rotatable bonds is 5. The van der Waals surface area contributed by atoms with Crippen LogP contribution in [-0.4, -0.2) is 54.5 Å². The molecule has 132 valence electrons. The standard InChI is InChI=1S/C17H26N4O3/c1-13(2)3-6-18-15(22)14-11-19-16(20-12-14)21-7-4-17(5-8-21)23-9-10-24-17/h11-13H,3-10H2,1-2H3,(H,18,22). The first-order valence-corrected chi connectivity index (χ1v) is 8.71. The molecule has 7 heteroatoms. The van der Waals surface area contributed by atoms with Gasteiger partial charge >= 0.3 is 0 Å². The third kappa shape index (κ3) is 4.02. The van der Waals surface area contributed by atoms with Crippen molar-refractivity contribution in [3.05, 3.63) is 18.0 Å². The lowest BCUT2D eigenvalue weighted by Gasteiger charge is -2.37. The highest BCUT2D eigenvalue weighted by atomic mass is 16.7. The molecular weight excluding hydrogens is 308 g/mol. The molecule has 1 spiro atoms. The van der Waals surface area contributed by atoms with Crippen molar-refractivity contribution < 1.29 is 14.3 Å². The zero-order chi connectivity index (χ0) is 17.0. The molecule has 2 aliphatic rings. The molecule has 1 amide bonds. The molecule has 0 aromatic carbocycles. The Labute approximate surface area is 142 Å². The van der Waals surface area contributed by atoms with Gasteiger partial charge in [0.05, 0.1) is 18.8 Å². The Morgan fingerprint density at radius 3 is 2.46 bits per heavy atom. The summed E-state index contributed by atoms with van der Waals surface area (Å²) in [6.07, 6.45) is 5.78. The van der Waals surface area contributed by atoms with Gasteiger partial charge in [-0.15, -0.1) is 0 Å². The molecule has 7 nitrogen and oxygen atoms in total. The molecule has 0 bridgehead atoms. The minimum Gasteiger partial charge on any atom is -0.352 e. The van der Waals surface area contributed by atoms with E-state index in [4.69, 9.17) is 9.47 Å². The summed E-state index contributed by atoms with van der Waals surface area (Å²) in [6, 6.07) is 0. The molecule has 0 saturated carbocycles. The van der Waals surface area contributed by atoms with Gasteiger partial charge in [-0.05, 0) is 12.3 Å². The van der Waals surface area contributed by atoms with E-state index in [0.29, 0.717) is 37.2 Å². The van der Waals surface area contributed by atoms with E-state index in [1.165, 1.54) is 0 Å². The molecule has 1 aromatic rings. The van der Waals surface area contributed by atoms with E-state index in [9.17, 15) is 4.79 Å². The van der Waals surface area contributed by atoms with Crippen LogP contribution >= 0.6 is 0 Å². The van der Waals surface area contributed by atoms with Crippen molar-refractivity contribution >= 4 is 11.9 Å². The highest BCUT2D eigenvalue weighted by molar-refractivity contribution is 5.93. The minimum atomic E-state index is -0.396. The molecule has 2 saturated heterocycles. The third-order valence-corrected chi connectivity index (χ3v) is 4.53. The quantitative estimate of drug-likeness (QED) is 0.881. The Morgan fingerprint density at radius 1 is 1.25 bits per heavy atom. The molecule has 3 rings (SSSR count). The third-order valence-electron chi connectivity index (χ3n) is 4.53. The van der Waals surface area contributed by atoms with Crippen LogP contribution < -0.4 is 10.2 Å². The number of hydrogen-bond donors (Lipinski definition) is 1. The van der Waals surface area contributed by atoms with Crippen molar-refractivity contribution in [2.45, 2.75) is 38.9 Å². The predicted molar refractivity (Wildman–Crippen MR) is 89.9 cm³/mol. The second kappa shape index (κ2) is 7.44. The van der Waals surface area contributed by atoms with Crippen LogP contribution in [0.15, 0.2) is 12.4 Å². The smallest absolute Gasteiger partial charge is 0.254 e. The maximum absolute atomic E-state index is 12.0. The van der Waals surface area contributed by atoms with Crippen LogP contribution in [-0.2, 0) is 9.47 Å². The van der Waals surface area contributed by atoms with Gasteiger partial charge in [-0.2, -0.15) is 0 Å². The van der Waals surface area contributed by atoms with Crippen molar-refractivity contribution in [2.24, 2.45) is 5.92 Å². The molecule has 0 atom stereocenters. The average molecular weight is 334 g/mol. The summed E-state index contributed by atoms with van der Waals surface area (Å²) < 4.78 is 11.5. The summed E-state index contributed by atoms with van der Waals surface area (Å²) in [4.78, 5) is 22.9. The van der Waals surface area contributed by atoms with Crippen LogP contribution in [0.2, 0.25) is 0 Å². The van der Waals surface area contributed by atoms with Crippen molar-refractivity contribution in [2.75, 3.05) is 37.7 Å². The molecule has 3 heterocycles. The summed E-state index contributed by atoms with van der Waals surface area (Å²) in [6.45, 7) is 7.88. The van der Waals surface area contributed by atoms with E-state index in [0.717, 1.165) is 32.4 Å². The largest absolute Gasteiger partial charge is 0.352 e. The predicted octanol–water partition coefficient (Wildman–Crippen LogP) is 1.60. The molecule has 24 heavy (non-hydrogen) atoms.